The number of fused-ring (bicyclic) bond motifs is 3. The molecular formula is C26H35N3O2. The van der Waals surface area contributed by atoms with Crippen molar-refractivity contribution < 1.29 is 9.47 Å². The van der Waals surface area contributed by atoms with E-state index in [-0.39, 0.29) is 0 Å². The minimum absolute atomic E-state index is 0.775. The van der Waals surface area contributed by atoms with Crippen LogP contribution in [0.4, 0.5) is 0 Å². The molecule has 0 spiro atoms. The van der Waals surface area contributed by atoms with E-state index in [4.69, 9.17) is 9.47 Å². The van der Waals surface area contributed by atoms with Crippen molar-refractivity contribution in [3.8, 4) is 11.5 Å². The molecule has 2 aromatic carbocycles. The Morgan fingerprint density at radius 2 is 1.10 bits per heavy atom. The number of benzene rings is 2. The number of aromatic amines is 1. The average Bonchev–Trinajstić information content (AvgIpc) is 3.55. The van der Waals surface area contributed by atoms with E-state index in [0.717, 1.165) is 61.7 Å². The summed E-state index contributed by atoms with van der Waals surface area (Å²) in [6.07, 6.45) is 7.57. The minimum atomic E-state index is 0.775. The monoisotopic (exact) mass is 421 g/mol. The maximum atomic E-state index is 6.03. The first-order valence-corrected chi connectivity index (χ1v) is 12.1. The Morgan fingerprint density at radius 3 is 1.55 bits per heavy atom. The second kappa shape index (κ2) is 9.92. The van der Waals surface area contributed by atoms with Crippen LogP contribution in [0.2, 0.25) is 0 Å². The number of aromatic nitrogens is 1. The predicted molar refractivity (Wildman–Crippen MR) is 127 cm³/mol. The smallest absolute Gasteiger partial charge is 0.121 e. The van der Waals surface area contributed by atoms with Crippen LogP contribution < -0.4 is 9.47 Å². The van der Waals surface area contributed by atoms with Crippen LogP contribution in [0.15, 0.2) is 36.4 Å². The van der Waals surface area contributed by atoms with Gasteiger partial charge in [0.05, 0.1) is 24.2 Å². The van der Waals surface area contributed by atoms with E-state index in [1.54, 1.807) is 0 Å². The SMILES string of the molecule is c1cc2c(cc1OCCCN1CCCC1)[nH]c1cc(OCCCN3CCCC3)ccc12. The van der Waals surface area contributed by atoms with Crippen LogP contribution in [-0.2, 0) is 0 Å². The van der Waals surface area contributed by atoms with Gasteiger partial charge in [-0.3, -0.25) is 0 Å². The fraction of sp³-hybridized carbons (Fsp3) is 0.538. The summed E-state index contributed by atoms with van der Waals surface area (Å²) in [6, 6.07) is 12.8. The molecular weight excluding hydrogens is 386 g/mol. The normalized spacial score (nSPS) is 17.8. The first kappa shape index (κ1) is 20.7. The van der Waals surface area contributed by atoms with Gasteiger partial charge >= 0.3 is 0 Å². The second-order valence-corrected chi connectivity index (χ2v) is 9.04. The molecule has 3 heterocycles. The van der Waals surface area contributed by atoms with Gasteiger partial charge in [-0.2, -0.15) is 0 Å². The van der Waals surface area contributed by atoms with Gasteiger partial charge in [-0.1, -0.05) is 0 Å². The summed E-state index contributed by atoms with van der Waals surface area (Å²) < 4.78 is 12.1. The molecule has 0 bridgehead atoms. The topological polar surface area (TPSA) is 40.7 Å². The Morgan fingerprint density at radius 1 is 0.645 bits per heavy atom. The van der Waals surface area contributed by atoms with Crippen LogP contribution in [0.1, 0.15) is 38.5 Å². The second-order valence-electron chi connectivity index (χ2n) is 9.04. The molecule has 0 atom stereocenters. The van der Waals surface area contributed by atoms with Crippen molar-refractivity contribution >= 4 is 21.8 Å². The lowest BCUT2D eigenvalue weighted by molar-refractivity contribution is 0.263. The van der Waals surface area contributed by atoms with Gasteiger partial charge in [-0.05, 0) is 89.0 Å². The van der Waals surface area contributed by atoms with Crippen molar-refractivity contribution in [3.05, 3.63) is 36.4 Å². The largest absolute Gasteiger partial charge is 0.493 e. The summed E-state index contributed by atoms with van der Waals surface area (Å²) in [5, 5.41) is 2.47. The van der Waals surface area contributed by atoms with Crippen LogP contribution >= 0.6 is 0 Å². The van der Waals surface area contributed by atoms with Crippen molar-refractivity contribution in [2.45, 2.75) is 38.5 Å². The zero-order valence-corrected chi connectivity index (χ0v) is 18.6. The van der Waals surface area contributed by atoms with Crippen molar-refractivity contribution in [3.63, 3.8) is 0 Å². The van der Waals surface area contributed by atoms with Gasteiger partial charge in [0.15, 0.2) is 0 Å². The third-order valence-corrected chi connectivity index (χ3v) is 6.71. The zero-order valence-electron chi connectivity index (χ0n) is 18.6. The van der Waals surface area contributed by atoms with Crippen LogP contribution in [0.25, 0.3) is 21.8 Å². The van der Waals surface area contributed by atoms with E-state index in [9.17, 15) is 0 Å². The van der Waals surface area contributed by atoms with Gasteiger partial charge in [0.1, 0.15) is 11.5 Å². The standard InChI is InChI=1S/C26H35N3O2/c1-2-12-28(11-1)15-5-17-30-21-7-9-23-24-10-8-22(20-26(24)27-25(23)19-21)31-18-6-16-29-13-3-4-14-29/h7-10,19-20,27H,1-6,11-18H2. The number of nitrogens with one attached hydrogen (secondary N) is 1. The molecule has 2 aliphatic heterocycles. The summed E-state index contributed by atoms with van der Waals surface area (Å²) in [5.41, 5.74) is 2.25. The number of rotatable bonds is 10. The van der Waals surface area contributed by atoms with E-state index in [1.165, 1.54) is 62.6 Å². The maximum Gasteiger partial charge on any atom is 0.121 e. The van der Waals surface area contributed by atoms with Crippen LogP contribution in [-0.4, -0.2) is 67.3 Å². The lowest BCUT2D eigenvalue weighted by Crippen LogP contribution is -2.21. The molecule has 166 valence electrons. The molecule has 0 aliphatic carbocycles. The number of H-pyrrole nitrogens is 1. The number of nitrogens with zero attached hydrogens (tertiary/aromatic N) is 2. The molecule has 0 amide bonds. The summed E-state index contributed by atoms with van der Waals surface area (Å²) >= 11 is 0. The highest BCUT2D eigenvalue weighted by atomic mass is 16.5. The van der Waals surface area contributed by atoms with Crippen LogP contribution in [0, 0.1) is 0 Å². The molecule has 2 aliphatic rings. The summed E-state index contributed by atoms with van der Waals surface area (Å²) in [6.45, 7) is 8.87. The van der Waals surface area contributed by atoms with E-state index in [0.29, 0.717) is 0 Å². The molecule has 2 fully saturated rings. The number of hydrogen-bond donors (Lipinski definition) is 1. The summed E-state index contributed by atoms with van der Waals surface area (Å²) in [5.74, 6) is 1.89. The molecule has 0 radical (unpaired) electrons. The third kappa shape index (κ3) is 5.16. The van der Waals surface area contributed by atoms with Crippen molar-refractivity contribution in [1.29, 1.82) is 0 Å². The summed E-state index contributed by atoms with van der Waals surface area (Å²) in [7, 11) is 0. The molecule has 1 aromatic heterocycles. The van der Waals surface area contributed by atoms with E-state index < -0.39 is 0 Å². The number of hydrogen-bond acceptors (Lipinski definition) is 4. The molecule has 0 saturated carbocycles. The predicted octanol–water partition coefficient (Wildman–Crippen LogP) is 5.05. The molecule has 2 saturated heterocycles. The highest BCUT2D eigenvalue weighted by molar-refractivity contribution is 6.07. The number of ether oxygens (including phenoxy) is 2. The maximum absolute atomic E-state index is 6.03. The first-order valence-electron chi connectivity index (χ1n) is 12.1. The fourth-order valence-corrected chi connectivity index (χ4v) is 5.02. The molecule has 5 nitrogen and oxygen atoms in total. The Kier molecular flexibility index (Phi) is 6.61. The Labute approximate surface area is 185 Å². The Hall–Kier alpha value is -2.24. The van der Waals surface area contributed by atoms with Crippen molar-refractivity contribution in [1.82, 2.24) is 14.8 Å². The van der Waals surface area contributed by atoms with Crippen molar-refractivity contribution in [2.75, 3.05) is 52.5 Å². The Bertz CT molecular complexity index is 909. The van der Waals surface area contributed by atoms with E-state index >= 15 is 0 Å². The molecule has 0 unspecified atom stereocenters. The van der Waals surface area contributed by atoms with E-state index in [2.05, 4.69) is 51.2 Å². The zero-order chi connectivity index (χ0) is 20.9. The number of likely N-dealkylation sites (tertiary alicyclic amines) is 2. The molecule has 1 N–H and O–H groups in total. The van der Waals surface area contributed by atoms with Crippen LogP contribution in [0.3, 0.4) is 0 Å². The molecule has 31 heavy (non-hydrogen) atoms. The quantitative estimate of drug-likeness (QED) is 0.465. The van der Waals surface area contributed by atoms with Crippen molar-refractivity contribution in [2.24, 2.45) is 0 Å². The molecule has 5 heteroatoms. The van der Waals surface area contributed by atoms with Gasteiger partial charge in [0.25, 0.3) is 0 Å². The van der Waals surface area contributed by atoms with E-state index in [1.807, 2.05) is 0 Å². The van der Waals surface area contributed by atoms with Gasteiger partial charge < -0.3 is 24.3 Å². The molecule has 3 aromatic rings. The lowest BCUT2D eigenvalue weighted by Gasteiger charge is -2.14. The average molecular weight is 422 g/mol. The third-order valence-electron chi connectivity index (χ3n) is 6.71. The highest BCUT2D eigenvalue weighted by Gasteiger charge is 2.12. The first-order chi connectivity index (χ1) is 15.3. The summed E-state index contributed by atoms with van der Waals surface area (Å²) in [4.78, 5) is 8.63. The fourth-order valence-electron chi connectivity index (χ4n) is 5.02. The van der Waals surface area contributed by atoms with Gasteiger partial charge in [-0.15, -0.1) is 0 Å². The van der Waals surface area contributed by atoms with Crippen LogP contribution in [0.5, 0.6) is 11.5 Å². The van der Waals surface area contributed by atoms with Gasteiger partial charge in [-0.25, -0.2) is 0 Å². The van der Waals surface area contributed by atoms with Gasteiger partial charge in [0.2, 0.25) is 0 Å². The Balaban J connectivity index is 1.16. The van der Waals surface area contributed by atoms with Gasteiger partial charge in [0, 0.05) is 36.0 Å². The minimum Gasteiger partial charge on any atom is -0.493 e. The highest BCUT2D eigenvalue weighted by Crippen LogP contribution is 2.30. The molecule has 5 rings (SSSR count). The lowest BCUT2D eigenvalue weighted by atomic mass is 10.1.